The van der Waals surface area contributed by atoms with Crippen molar-refractivity contribution in [1.29, 1.82) is 0 Å². The van der Waals surface area contributed by atoms with Crippen molar-refractivity contribution in [3.8, 4) is 0 Å². The fraction of sp³-hybridized carbons (Fsp3) is 0.500. The van der Waals surface area contributed by atoms with Gasteiger partial charge in [-0.2, -0.15) is 0 Å². The van der Waals surface area contributed by atoms with Gasteiger partial charge < -0.3 is 15.1 Å². The highest BCUT2D eigenvalue weighted by molar-refractivity contribution is 7.18. The van der Waals surface area contributed by atoms with Crippen LogP contribution in [0.5, 0.6) is 0 Å². The molecule has 0 atom stereocenters. The number of hydrogen-bond donors (Lipinski definition) is 2. The molecule has 2 amide bonds. The van der Waals surface area contributed by atoms with Crippen LogP contribution in [0.1, 0.15) is 58.9 Å². The van der Waals surface area contributed by atoms with Crippen LogP contribution in [0.4, 0.5) is 5.00 Å². The standard InChI is InChI=1S/C20H27N3O3S/c1-14-12-16(22-18(24)15-8-7-11-26-15)27-17(14)19(25)21-13-20(2,3)23-9-5-4-6-10-23/h7-8,11-12H,4-6,9-10,13H2,1-3H3,(H,21,25)(H,22,24). The van der Waals surface area contributed by atoms with E-state index in [0.717, 1.165) is 18.7 Å². The molecule has 1 fully saturated rings. The first-order chi connectivity index (χ1) is 12.9. The molecule has 2 aromatic rings. The van der Waals surface area contributed by atoms with Crippen LogP contribution in [0, 0.1) is 6.92 Å². The number of nitrogens with one attached hydrogen (secondary N) is 2. The second-order valence-corrected chi connectivity index (χ2v) is 8.65. The highest BCUT2D eigenvalue weighted by Gasteiger charge is 2.28. The number of carbonyl (C=O) groups is 2. The van der Waals surface area contributed by atoms with E-state index in [4.69, 9.17) is 4.42 Å². The van der Waals surface area contributed by atoms with Crippen molar-refractivity contribution in [3.63, 3.8) is 0 Å². The lowest BCUT2D eigenvalue weighted by Gasteiger charge is -2.41. The summed E-state index contributed by atoms with van der Waals surface area (Å²) in [7, 11) is 0. The Labute approximate surface area is 163 Å². The van der Waals surface area contributed by atoms with E-state index in [1.54, 1.807) is 12.1 Å². The van der Waals surface area contributed by atoms with Crippen molar-refractivity contribution in [2.75, 3.05) is 25.0 Å². The van der Waals surface area contributed by atoms with Crippen LogP contribution < -0.4 is 10.6 Å². The van der Waals surface area contributed by atoms with Gasteiger partial charge in [0.2, 0.25) is 0 Å². The number of likely N-dealkylation sites (tertiary alicyclic amines) is 1. The molecular formula is C20H27N3O3S. The van der Waals surface area contributed by atoms with E-state index < -0.39 is 0 Å². The second-order valence-electron chi connectivity index (χ2n) is 7.60. The number of carbonyl (C=O) groups excluding carboxylic acids is 2. The molecule has 2 aromatic heterocycles. The Hall–Kier alpha value is -2.12. The van der Waals surface area contributed by atoms with Crippen LogP contribution in [-0.4, -0.2) is 41.9 Å². The van der Waals surface area contributed by atoms with Gasteiger partial charge in [0.15, 0.2) is 5.76 Å². The topological polar surface area (TPSA) is 74.6 Å². The molecule has 0 saturated carbocycles. The number of piperidine rings is 1. The minimum atomic E-state index is -0.320. The zero-order valence-corrected chi connectivity index (χ0v) is 16.9. The Morgan fingerprint density at radius 2 is 1.96 bits per heavy atom. The molecule has 3 heterocycles. The van der Waals surface area contributed by atoms with Crippen LogP contribution in [0.25, 0.3) is 0 Å². The van der Waals surface area contributed by atoms with Gasteiger partial charge in [0.25, 0.3) is 11.8 Å². The summed E-state index contributed by atoms with van der Waals surface area (Å²) in [6.45, 7) is 9.00. The summed E-state index contributed by atoms with van der Waals surface area (Å²) >= 11 is 1.28. The van der Waals surface area contributed by atoms with E-state index in [9.17, 15) is 9.59 Å². The fourth-order valence-electron chi connectivity index (χ4n) is 3.34. The lowest BCUT2D eigenvalue weighted by molar-refractivity contribution is 0.0800. The molecule has 27 heavy (non-hydrogen) atoms. The average molecular weight is 390 g/mol. The van der Waals surface area contributed by atoms with Crippen LogP contribution in [0.2, 0.25) is 0 Å². The summed E-state index contributed by atoms with van der Waals surface area (Å²) in [6.07, 6.45) is 5.19. The number of aryl methyl sites for hydroxylation is 1. The molecule has 6 nitrogen and oxygen atoms in total. The van der Waals surface area contributed by atoms with Crippen LogP contribution >= 0.6 is 11.3 Å². The van der Waals surface area contributed by atoms with Gasteiger partial charge in [-0.05, 0) is 70.5 Å². The summed E-state index contributed by atoms with van der Waals surface area (Å²) in [4.78, 5) is 27.8. The molecular weight excluding hydrogens is 362 g/mol. The molecule has 2 N–H and O–H groups in total. The first-order valence-electron chi connectivity index (χ1n) is 9.35. The van der Waals surface area contributed by atoms with Crippen LogP contribution in [0.3, 0.4) is 0 Å². The Morgan fingerprint density at radius 1 is 1.22 bits per heavy atom. The van der Waals surface area contributed by atoms with Gasteiger partial charge in [-0.25, -0.2) is 0 Å². The van der Waals surface area contributed by atoms with Gasteiger partial charge in [-0.3, -0.25) is 14.5 Å². The Bertz CT molecular complexity index is 790. The molecule has 7 heteroatoms. The van der Waals surface area contributed by atoms with Gasteiger partial charge in [0.1, 0.15) is 0 Å². The minimum absolute atomic E-state index is 0.0718. The number of anilines is 1. The smallest absolute Gasteiger partial charge is 0.291 e. The van der Waals surface area contributed by atoms with E-state index in [1.165, 1.54) is 36.9 Å². The summed E-state index contributed by atoms with van der Waals surface area (Å²) in [6, 6.07) is 5.08. The van der Waals surface area contributed by atoms with Crippen molar-refractivity contribution in [1.82, 2.24) is 10.2 Å². The Morgan fingerprint density at radius 3 is 2.63 bits per heavy atom. The van der Waals surface area contributed by atoms with Gasteiger partial charge in [-0.15, -0.1) is 11.3 Å². The van der Waals surface area contributed by atoms with E-state index >= 15 is 0 Å². The van der Waals surface area contributed by atoms with E-state index in [-0.39, 0.29) is 23.1 Å². The molecule has 1 aliphatic heterocycles. The van der Waals surface area contributed by atoms with Crippen molar-refractivity contribution in [3.05, 3.63) is 40.7 Å². The van der Waals surface area contributed by atoms with Crippen molar-refractivity contribution in [2.45, 2.75) is 45.6 Å². The molecule has 1 aliphatic rings. The average Bonchev–Trinajstić information content (AvgIpc) is 3.30. The molecule has 146 valence electrons. The van der Waals surface area contributed by atoms with Gasteiger partial charge in [0.05, 0.1) is 16.1 Å². The van der Waals surface area contributed by atoms with E-state index in [1.807, 2.05) is 13.0 Å². The number of nitrogens with zero attached hydrogens (tertiary/aromatic N) is 1. The third-order valence-electron chi connectivity index (χ3n) is 5.00. The summed E-state index contributed by atoms with van der Waals surface area (Å²) < 4.78 is 5.09. The Kier molecular flexibility index (Phi) is 6.01. The van der Waals surface area contributed by atoms with Crippen molar-refractivity contribution < 1.29 is 14.0 Å². The molecule has 0 aliphatic carbocycles. The lowest BCUT2D eigenvalue weighted by Crippen LogP contribution is -2.53. The normalized spacial score (nSPS) is 15.5. The van der Waals surface area contributed by atoms with Crippen LogP contribution in [-0.2, 0) is 0 Å². The molecule has 1 saturated heterocycles. The highest BCUT2D eigenvalue weighted by Crippen LogP contribution is 2.27. The number of rotatable bonds is 6. The maximum Gasteiger partial charge on any atom is 0.291 e. The first kappa shape index (κ1) is 19.6. The maximum absolute atomic E-state index is 12.7. The Balaban J connectivity index is 1.60. The highest BCUT2D eigenvalue weighted by atomic mass is 32.1. The van der Waals surface area contributed by atoms with E-state index in [0.29, 0.717) is 16.4 Å². The molecule has 0 bridgehead atoms. The third kappa shape index (κ3) is 4.78. The van der Waals surface area contributed by atoms with Gasteiger partial charge in [-0.1, -0.05) is 6.42 Å². The van der Waals surface area contributed by atoms with Gasteiger partial charge in [0, 0.05) is 12.1 Å². The SMILES string of the molecule is Cc1cc(NC(=O)c2ccco2)sc1C(=O)NCC(C)(C)N1CCCCC1. The number of thiophene rings is 1. The molecule has 0 aromatic carbocycles. The zero-order valence-electron chi connectivity index (χ0n) is 16.1. The number of hydrogen-bond acceptors (Lipinski definition) is 5. The number of furan rings is 1. The van der Waals surface area contributed by atoms with E-state index in [2.05, 4.69) is 29.4 Å². The molecule has 0 unspecified atom stereocenters. The van der Waals surface area contributed by atoms with Crippen molar-refractivity contribution in [2.24, 2.45) is 0 Å². The third-order valence-corrected chi connectivity index (χ3v) is 6.15. The predicted octanol–water partition coefficient (Wildman–Crippen LogP) is 3.90. The maximum atomic E-state index is 12.7. The molecule has 3 rings (SSSR count). The monoisotopic (exact) mass is 389 g/mol. The second kappa shape index (κ2) is 8.27. The lowest BCUT2D eigenvalue weighted by atomic mass is 9.98. The van der Waals surface area contributed by atoms with Crippen LogP contribution in [0.15, 0.2) is 28.9 Å². The summed E-state index contributed by atoms with van der Waals surface area (Å²) in [5.41, 5.74) is 0.778. The largest absolute Gasteiger partial charge is 0.459 e. The predicted molar refractivity (Wildman–Crippen MR) is 108 cm³/mol. The summed E-state index contributed by atoms with van der Waals surface area (Å²) in [5, 5.41) is 6.49. The molecule has 0 spiro atoms. The summed E-state index contributed by atoms with van der Waals surface area (Å²) in [5.74, 6) is -0.171. The molecule has 0 radical (unpaired) electrons. The first-order valence-corrected chi connectivity index (χ1v) is 10.2. The quantitative estimate of drug-likeness (QED) is 0.786. The fourth-order valence-corrected chi connectivity index (χ4v) is 4.32. The minimum Gasteiger partial charge on any atom is -0.459 e. The zero-order chi connectivity index (χ0) is 19.4. The number of amides is 2. The van der Waals surface area contributed by atoms with Crippen molar-refractivity contribution >= 4 is 28.2 Å². The van der Waals surface area contributed by atoms with Gasteiger partial charge >= 0.3 is 0 Å².